The molecule has 0 fully saturated rings. The molecule has 0 radical (unpaired) electrons. The standard InChI is InChI=1S/C15H15BN8/c1-9-13-14(18)20-8-21-15(13)24(23-9)6-12-19-5-10-4-16(7-17)3-2-11(10)22-12/h5,8H,2-4,6H2,1H3,(H2,18,20,21). The Bertz CT molecular complexity index is 973. The second-order valence-corrected chi connectivity index (χ2v) is 6.03. The lowest BCUT2D eigenvalue weighted by Crippen LogP contribution is -2.23. The molecule has 4 heterocycles. The molecule has 1 aliphatic rings. The Hall–Kier alpha value is -3.02. The van der Waals surface area contributed by atoms with Crippen molar-refractivity contribution in [2.24, 2.45) is 0 Å². The van der Waals surface area contributed by atoms with Crippen LogP contribution in [0.1, 0.15) is 22.8 Å². The van der Waals surface area contributed by atoms with Crippen LogP contribution in [0.2, 0.25) is 6.32 Å². The molecule has 118 valence electrons. The minimum Gasteiger partial charge on any atom is -0.383 e. The van der Waals surface area contributed by atoms with E-state index in [1.54, 1.807) is 4.68 Å². The maximum Gasteiger partial charge on any atom is 0.272 e. The quantitative estimate of drug-likeness (QED) is 0.692. The molecule has 0 aliphatic carbocycles. The van der Waals surface area contributed by atoms with Gasteiger partial charge in [0.1, 0.15) is 24.5 Å². The van der Waals surface area contributed by atoms with Crippen LogP contribution in [0.3, 0.4) is 0 Å². The number of nitrogen functional groups attached to an aromatic ring is 1. The van der Waals surface area contributed by atoms with Gasteiger partial charge in [-0.15, -0.1) is 0 Å². The Morgan fingerprint density at radius 1 is 1.38 bits per heavy atom. The van der Waals surface area contributed by atoms with E-state index in [0.29, 0.717) is 23.8 Å². The zero-order chi connectivity index (χ0) is 16.7. The van der Waals surface area contributed by atoms with Crippen molar-refractivity contribution < 1.29 is 0 Å². The largest absolute Gasteiger partial charge is 0.383 e. The summed E-state index contributed by atoms with van der Waals surface area (Å²) in [6.07, 6.45) is 5.68. The summed E-state index contributed by atoms with van der Waals surface area (Å²) in [4.78, 5) is 17.4. The summed E-state index contributed by atoms with van der Waals surface area (Å²) in [7, 11) is 0. The number of nitrogens with two attached hydrogens (primary N) is 1. The normalized spacial score (nSPS) is 13.8. The third-order valence-corrected chi connectivity index (χ3v) is 4.41. The van der Waals surface area contributed by atoms with Crippen molar-refractivity contribution in [1.29, 1.82) is 5.26 Å². The van der Waals surface area contributed by atoms with E-state index < -0.39 is 0 Å². The van der Waals surface area contributed by atoms with E-state index in [2.05, 4.69) is 31.0 Å². The third-order valence-electron chi connectivity index (χ3n) is 4.41. The van der Waals surface area contributed by atoms with Gasteiger partial charge in [0, 0.05) is 17.9 Å². The number of nitrogens with zero attached hydrogens (tertiary/aromatic N) is 7. The van der Waals surface area contributed by atoms with Crippen LogP contribution in [0.25, 0.3) is 11.0 Å². The lowest BCUT2D eigenvalue weighted by atomic mass is 9.43. The van der Waals surface area contributed by atoms with Gasteiger partial charge in [-0.25, -0.2) is 29.9 Å². The fraction of sp³-hybridized carbons (Fsp3) is 0.333. The fourth-order valence-electron chi connectivity index (χ4n) is 3.19. The highest BCUT2D eigenvalue weighted by molar-refractivity contribution is 6.66. The van der Waals surface area contributed by atoms with Crippen LogP contribution in [0.15, 0.2) is 12.5 Å². The summed E-state index contributed by atoms with van der Waals surface area (Å²) in [5.74, 6) is 3.45. The second kappa shape index (κ2) is 5.56. The van der Waals surface area contributed by atoms with Crippen molar-refractivity contribution in [2.45, 2.75) is 32.5 Å². The van der Waals surface area contributed by atoms with Gasteiger partial charge in [0.15, 0.2) is 5.65 Å². The molecule has 0 aromatic carbocycles. The van der Waals surface area contributed by atoms with Gasteiger partial charge in [-0.3, -0.25) is 0 Å². The minimum atomic E-state index is 0.0735. The Morgan fingerprint density at radius 3 is 3.08 bits per heavy atom. The van der Waals surface area contributed by atoms with Crippen molar-refractivity contribution in [2.75, 3.05) is 5.73 Å². The fourth-order valence-corrected chi connectivity index (χ4v) is 3.19. The number of aromatic nitrogens is 6. The van der Waals surface area contributed by atoms with Crippen LogP contribution in [-0.2, 0) is 19.3 Å². The zero-order valence-electron chi connectivity index (χ0n) is 13.3. The van der Waals surface area contributed by atoms with Gasteiger partial charge in [0.25, 0.3) is 6.71 Å². The number of rotatable bonds is 2. The predicted octanol–water partition coefficient (Wildman–Crippen LogP) is 0.751. The molecule has 0 atom stereocenters. The maximum atomic E-state index is 9.07. The van der Waals surface area contributed by atoms with Crippen molar-refractivity contribution in [1.82, 2.24) is 29.7 Å². The van der Waals surface area contributed by atoms with E-state index in [4.69, 9.17) is 11.0 Å². The Balaban J connectivity index is 1.68. The van der Waals surface area contributed by atoms with Crippen molar-refractivity contribution in [3.8, 4) is 5.97 Å². The molecule has 9 heteroatoms. The average Bonchev–Trinajstić information content (AvgIpc) is 2.91. The molecule has 4 rings (SSSR count). The maximum absolute atomic E-state index is 9.07. The van der Waals surface area contributed by atoms with Crippen LogP contribution in [0.4, 0.5) is 5.82 Å². The van der Waals surface area contributed by atoms with E-state index in [-0.39, 0.29) is 6.71 Å². The first kappa shape index (κ1) is 14.6. The number of fused-ring (bicyclic) bond motifs is 2. The monoisotopic (exact) mass is 318 g/mol. The minimum absolute atomic E-state index is 0.0735. The smallest absolute Gasteiger partial charge is 0.272 e. The van der Waals surface area contributed by atoms with Crippen LogP contribution >= 0.6 is 0 Å². The van der Waals surface area contributed by atoms with E-state index in [9.17, 15) is 0 Å². The summed E-state index contributed by atoms with van der Waals surface area (Å²) in [6.45, 7) is 2.38. The summed E-state index contributed by atoms with van der Waals surface area (Å²) in [5, 5.41) is 14.3. The number of anilines is 1. The van der Waals surface area contributed by atoms with Gasteiger partial charge in [-0.05, 0) is 25.2 Å². The first-order valence-electron chi connectivity index (χ1n) is 7.82. The van der Waals surface area contributed by atoms with E-state index in [1.807, 2.05) is 13.1 Å². The molecule has 8 nitrogen and oxygen atoms in total. The molecule has 0 amide bonds. The first-order valence-corrected chi connectivity index (χ1v) is 7.82. The van der Waals surface area contributed by atoms with Gasteiger partial charge < -0.3 is 5.73 Å². The highest BCUT2D eigenvalue weighted by Crippen LogP contribution is 2.22. The summed E-state index contributed by atoms with van der Waals surface area (Å²) in [6, 6.07) is 0. The van der Waals surface area contributed by atoms with Gasteiger partial charge in [-0.2, -0.15) is 5.10 Å². The van der Waals surface area contributed by atoms with Crippen LogP contribution in [-0.4, -0.2) is 36.4 Å². The van der Waals surface area contributed by atoms with Gasteiger partial charge in [0.05, 0.1) is 11.1 Å². The second-order valence-electron chi connectivity index (χ2n) is 6.03. The van der Waals surface area contributed by atoms with Gasteiger partial charge in [-0.1, -0.05) is 6.32 Å². The summed E-state index contributed by atoms with van der Waals surface area (Å²) in [5.41, 5.74) is 9.50. The molecule has 3 aromatic heterocycles. The lowest BCUT2D eigenvalue weighted by Gasteiger charge is -2.16. The molecule has 1 aliphatic heterocycles. The number of hydrogen-bond acceptors (Lipinski definition) is 7. The number of nitriles is 1. The molecular weight excluding hydrogens is 303 g/mol. The first-order chi connectivity index (χ1) is 11.7. The van der Waals surface area contributed by atoms with E-state index in [0.717, 1.165) is 41.4 Å². The molecule has 2 N–H and O–H groups in total. The Labute approximate surface area is 138 Å². The molecule has 0 bridgehead atoms. The van der Waals surface area contributed by atoms with Crippen molar-refractivity contribution in [3.05, 3.63) is 35.3 Å². The third kappa shape index (κ3) is 2.36. The average molecular weight is 318 g/mol. The van der Waals surface area contributed by atoms with Crippen LogP contribution < -0.4 is 5.73 Å². The summed E-state index contributed by atoms with van der Waals surface area (Å²) < 4.78 is 1.76. The molecule has 0 saturated carbocycles. The van der Waals surface area contributed by atoms with E-state index in [1.165, 1.54) is 6.33 Å². The van der Waals surface area contributed by atoms with E-state index >= 15 is 0 Å². The molecule has 0 saturated heterocycles. The Kier molecular flexibility index (Phi) is 3.38. The highest BCUT2D eigenvalue weighted by atomic mass is 15.3. The highest BCUT2D eigenvalue weighted by Gasteiger charge is 2.24. The predicted molar refractivity (Wildman–Crippen MR) is 89.2 cm³/mol. The number of hydrogen-bond donors (Lipinski definition) is 1. The van der Waals surface area contributed by atoms with Crippen molar-refractivity contribution in [3.63, 3.8) is 0 Å². The SMILES string of the molecule is Cc1nn(Cc2ncc3c(n2)CCB(C#N)C3)c2ncnc(N)c12. The summed E-state index contributed by atoms with van der Waals surface area (Å²) >= 11 is 0. The molecule has 0 unspecified atom stereocenters. The molecule has 0 spiro atoms. The zero-order valence-corrected chi connectivity index (χ0v) is 13.3. The van der Waals surface area contributed by atoms with Crippen LogP contribution in [0, 0.1) is 18.2 Å². The van der Waals surface area contributed by atoms with Crippen molar-refractivity contribution >= 4 is 23.6 Å². The number of aryl methyl sites for hydroxylation is 2. The molecule has 3 aromatic rings. The lowest BCUT2D eigenvalue weighted by molar-refractivity contribution is 0.656. The van der Waals surface area contributed by atoms with Gasteiger partial charge >= 0.3 is 0 Å². The molecule has 24 heavy (non-hydrogen) atoms. The van der Waals surface area contributed by atoms with Gasteiger partial charge in [0.2, 0.25) is 0 Å². The Morgan fingerprint density at radius 2 is 2.25 bits per heavy atom. The topological polar surface area (TPSA) is 119 Å². The van der Waals surface area contributed by atoms with Crippen LogP contribution in [0.5, 0.6) is 0 Å². The molecular formula is C15H15BN8.